The van der Waals surface area contributed by atoms with Crippen molar-refractivity contribution in [1.29, 1.82) is 5.26 Å². The van der Waals surface area contributed by atoms with E-state index in [1.54, 1.807) is 12.4 Å². The van der Waals surface area contributed by atoms with E-state index in [0.717, 1.165) is 19.0 Å². The lowest BCUT2D eigenvalue weighted by Crippen LogP contribution is -2.30. The molecule has 2 rings (SSSR count). The number of hydrogen-bond acceptors (Lipinski definition) is 5. The van der Waals surface area contributed by atoms with Gasteiger partial charge in [0.2, 0.25) is 0 Å². The second-order valence-electron chi connectivity index (χ2n) is 6.03. The molecule has 2 heterocycles. The van der Waals surface area contributed by atoms with Gasteiger partial charge in [-0.05, 0) is 24.8 Å². The van der Waals surface area contributed by atoms with E-state index >= 15 is 0 Å². The second-order valence-corrected chi connectivity index (χ2v) is 6.03. The Morgan fingerprint density at radius 3 is 2.90 bits per heavy atom. The fraction of sp³-hybridized carbons (Fsp3) is 0.667. The standard InChI is InChI=1S/C15H23N5/c1-12(2)9-20-7-4-13(11-20)10-19(3)15-14(8-16)17-5-6-18-15/h5-6,12-13H,4,7,9-11H2,1-3H3/t13-/m1/s1. The Bertz CT molecular complexity index is 479. The molecule has 0 amide bonds. The summed E-state index contributed by atoms with van der Waals surface area (Å²) in [6.07, 6.45) is 4.43. The highest BCUT2D eigenvalue weighted by Gasteiger charge is 2.24. The maximum Gasteiger partial charge on any atom is 0.183 e. The summed E-state index contributed by atoms with van der Waals surface area (Å²) >= 11 is 0. The van der Waals surface area contributed by atoms with Gasteiger partial charge < -0.3 is 9.80 Å². The number of rotatable bonds is 5. The third-order valence-corrected chi connectivity index (χ3v) is 3.67. The summed E-state index contributed by atoms with van der Waals surface area (Å²) < 4.78 is 0. The van der Waals surface area contributed by atoms with E-state index in [1.165, 1.54) is 19.5 Å². The molecule has 0 spiro atoms. The lowest BCUT2D eigenvalue weighted by Gasteiger charge is -2.23. The Morgan fingerprint density at radius 2 is 2.20 bits per heavy atom. The van der Waals surface area contributed by atoms with Gasteiger partial charge in [0.25, 0.3) is 0 Å². The first kappa shape index (κ1) is 14.7. The molecule has 0 radical (unpaired) electrons. The minimum Gasteiger partial charge on any atom is -0.357 e. The molecule has 108 valence electrons. The topological polar surface area (TPSA) is 56.1 Å². The number of nitrogens with zero attached hydrogens (tertiary/aromatic N) is 5. The normalized spacial score (nSPS) is 19.2. The third kappa shape index (κ3) is 3.67. The maximum atomic E-state index is 9.08. The van der Waals surface area contributed by atoms with Crippen molar-refractivity contribution in [3.05, 3.63) is 18.1 Å². The summed E-state index contributed by atoms with van der Waals surface area (Å²) in [5.74, 6) is 2.06. The first-order chi connectivity index (χ1) is 9.60. The Labute approximate surface area is 121 Å². The van der Waals surface area contributed by atoms with Crippen LogP contribution in [0.5, 0.6) is 0 Å². The average molecular weight is 273 g/mol. The van der Waals surface area contributed by atoms with Crippen molar-refractivity contribution >= 4 is 5.82 Å². The lowest BCUT2D eigenvalue weighted by atomic mass is 10.1. The van der Waals surface area contributed by atoms with E-state index in [1.807, 2.05) is 7.05 Å². The van der Waals surface area contributed by atoms with E-state index in [0.29, 0.717) is 17.4 Å². The van der Waals surface area contributed by atoms with Gasteiger partial charge in [-0.3, -0.25) is 0 Å². The van der Waals surface area contributed by atoms with E-state index in [9.17, 15) is 0 Å². The van der Waals surface area contributed by atoms with Crippen LogP contribution < -0.4 is 4.90 Å². The largest absolute Gasteiger partial charge is 0.357 e. The van der Waals surface area contributed by atoms with Crippen LogP contribution in [0.3, 0.4) is 0 Å². The van der Waals surface area contributed by atoms with E-state index in [-0.39, 0.29) is 0 Å². The molecule has 0 aromatic carbocycles. The molecule has 0 saturated carbocycles. The molecule has 1 fully saturated rings. The van der Waals surface area contributed by atoms with Crippen LogP contribution in [-0.4, -0.2) is 48.1 Å². The van der Waals surface area contributed by atoms with Crippen molar-refractivity contribution in [2.75, 3.05) is 38.1 Å². The lowest BCUT2D eigenvalue weighted by molar-refractivity contribution is 0.288. The zero-order valence-corrected chi connectivity index (χ0v) is 12.6. The molecule has 1 aromatic heterocycles. The molecule has 0 unspecified atom stereocenters. The summed E-state index contributed by atoms with van der Waals surface area (Å²) in [5.41, 5.74) is 0.409. The number of nitriles is 1. The first-order valence-corrected chi connectivity index (χ1v) is 7.24. The van der Waals surface area contributed by atoms with Crippen LogP contribution in [0.25, 0.3) is 0 Å². The predicted octanol–water partition coefficient (Wildman–Crippen LogP) is 1.76. The van der Waals surface area contributed by atoms with Gasteiger partial charge in [0.05, 0.1) is 0 Å². The van der Waals surface area contributed by atoms with Crippen molar-refractivity contribution in [2.45, 2.75) is 20.3 Å². The Morgan fingerprint density at radius 1 is 1.45 bits per heavy atom. The van der Waals surface area contributed by atoms with Gasteiger partial charge in [-0.25, -0.2) is 9.97 Å². The van der Waals surface area contributed by atoms with Crippen LogP contribution in [-0.2, 0) is 0 Å². The van der Waals surface area contributed by atoms with Crippen LogP contribution in [0.4, 0.5) is 5.82 Å². The minimum atomic E-state index is 0.409. The van der Waals surface area contributed by atoms with Gasteiger partial charge in [-0.2, -0.15) is 5.26 Å². The summed E-state index contributed by atoms with van der Waals surface area (Å²) in [6.45, 7) is 8.96. The SMILES string of the molecule is CC(C)CN1CC[C@H](CN(C)c2nccnc2C#N)C1. The fourth-order valence-electron chi connectivity index (χ4n) is 2.91. The minimum absolute atomic E-state index is 0.409. The van der Waals surface area contributed by atoms with Crippen molar-refractivity contribution in [3.63, 3.8) is 0 Å². The zero-order chi connectivity index (χ0) is 14.5. The Kier molecular flexibility index (Phi) is 4.91. The number of anilines is 1. The molecule has 0 N–H and O–H groups in total. The predicted molar refractivity (Wildman–Crippen MR) is 79.4 cm³/mol. The second kappa shape index (κ2) is 6.67. The summed E-state index contributed by atoms with van der Waals surface area (Å²) in [7, 11) is 2.00. The molecular weight excluding hydrogens is 250 g/mol. The quantitative estimate of drug-likeness (QED) is 0.818. The fourth-order valence-corrected chi connectivity index (χ4v) is 2.91. The molecule has 5 nitrogen and oxygen atoms in total. The van der Waals surface area contributed by atoms with E-state index in [2.05, 4.69) is 39.7 Å². The molecule has 1 atom stereocenters. The molecule has 1 aliphatic rings. The van der Waals surface area contributed by atoms with Crippen molar-refractivity contribution in [2.24, 2.45) is 11.8 Å². The van der Waals surface area contributed by atoms with Gasteiger partial charge in [-0.1, -0.05) is 13.8 Å². The Hall–Kier alpha value is -1.67. The third-order valence-electron chi connectivity index (χ3n) is 3.67. The van der Waals surface area contributed by atoms with Crippen molar-refractivity contribution in [1.82, 2.24) is 14.9 Å². The molecule has 0 aliphatic carbocycles. The monoisotopic (exact) mass is 273 g/mol. The molecule has 0 bridgehead atoms. The molecule has 5 heteroatoms. The molecule has 1 saturated heterocycles. The van der Waals surface area contributed by atoms with Gasteiger partial charge >= 0.3 is 0 Å². The number of aromatic nitrogens is 2. The average Bonchev–Trinajstić information content (AvgIpc) is 2.85. The number of likely N-dealkylation sites (tertiary alicyclic amines) is 1. The van der Waals surface area contributed by atoms with Gasteiger partial charge in [-0.15, -0.1) is 0 Å². The zero-order valence-electron chi connectivity index (χ0n) is 12.6. The van der Waals surface area contributed by atoms with Crippen LogP contribution in [0, 0.1) is 23.2 Å². The Balaban J connectivity index is 1.93. The van der Waals surface area contributed by atoms with Gasteiger partial charge in [0, 0.05) is 39.1 Å². The van der Waals surface area contributed by atoms with Gasteiger partial charge in [0.1, 0.15) is 6.07 Å². The highest BCUT2D eigenvalue weighted by molar-refractivity contribution is 5.48. The number of hydrogen-bond donors (Lipinski definition) is 0. The van der Waals surface area contributed by atoms with Crippen LogP contribution >= 0.6 is 0 Å². The maximum absolute atomic E-state index is 9.08. The molecular formula is C15H23N5. The van der Waals surface area contributed by atoms with Gasteiger partial charge in [0.15, 0.2) is 11.5 Å². The van der Waals surface area contributed by atoms with Crippen LogP contribution in [0.2, 0.25) is 0 Å². The smallest absolute Gasteiger partial charge is 0.183 e. The summed E-state index contributed by atoms with van der Waals surface area (Å²) in [5, 5.41) is 9.08. The first-order valence-electron chi connectivity index (χ1n) is 7.24. The summed E-state index contributed by atoms with van der Waals surface area (Å²) in [4.78, 5) is 13.0. The molecule has 1 aliphatic heterocycles. The highest BCUT2D eigenvalue weighted by Crippen LogP contribution is 2.21. The van der Waals surface area contributed by atoms with Crippen LogP contribution in [0.1, 0.15) is 26.0 Å². The van der Waals surface area contributed by atoms with E-state index in [4.69, 9.17) is 5.26 Å². The van der Waals surface area contributed by atoms with Crippen molar-refractivity contribution < 1.29 is 0 Å². The van der Waals surface area contributed by atoms with E-state index < -0.39 is 0 Å². The molecule has 1 aromatic rings. The van der Waals surface area contributed by atoms with Crippen LogP contribution in [0.15, 0.2) is 12.4 Å². The van der Waals surface area contributed by atoms with Crippen molar-refractivity contribution in [3.8, 4) is 6.07 Å². The molecule has 20 heavy (non-hydrogen) atoms. The highest BCUT2D eigenvalue weighted by atomic mass is 15.2. The summed E-state index contributed by atoms with van der Waals surface area (Å²) in [6, 6.07) is 2.11.